The summed E-state index contributed by atoms with van der Waals surface area (Å²) < 4.78 is 0. The predicted molar refractivity (Wildman–Crippen MR) is 105 cm³/mol. The quantitative estimate of drug-likeness (QED) is 0.791. The van der Waals surface area contributed by atoms with Crippen LogP contribution >= 0.6 is 0 Å². The summed E-state index contributed by atoms with van der Waals surface area (Å²) >= 11 is 0. The van der Waals surface area contributed by atoms with Crippen molar-refractivity contribution in [3.05, 3.63) is 71.8 Å². The van der Waals surface area contributed by atoms with Crippen molar-refractivity contribution in [2.24, 2.45) is 0 Å². The second-order valence-electron chi connectivity index (χ2n) is 7.86. The van der Waals surface area contributed by atoms with Crippen LogP contribution in [-0.4, -0.2) is 18.5 Å². The zero-order chi connectivity index (χ0) is 17.8. The van der Waals surface area contributed by atoms with Gasteiger partial charge in [-0.25, -0.2) is 0 Å². The van der Waals surface area contributed by atoms with E-state index in [0.717, 1.165) is 24.9 Å². The Morgan fingerprint density at radius 2 is 1.58 bits per heavy atom. The Kier molecular flexibility index (Phi) is 5.07. The third-order valence-electron chi connectivity index (χ3n) is 5.91. The zero-order valence-electron chi connectivity index (χ0n) is 15.3. The van der Waals surface area contributed by atoms with Gasteiger partial charge in [0.1, 0.15) is 6.04 Å². The van der Waals surface area contributed by atoms with Crippen molar-refractivity contribution < 1.29 is 4.79 Å². The van der Waals surface area contributed by atoms with Crippen LogP contribution in [0.1, 0.15) is 55.7 Å². The van der Waals surface area contributed by atoms with Gasteiger partial charge in [-0.05, 0) is 36.8 Å². The van der Waals surface area contributed by atoms with Gasteiger partial charge >= 0.3 is 0 Å². The third kappa shape index (κ3) is 3.83. The van der Waals surface area contributed by atoms with E-state index in [1.165, 1.54) is 31.2 Å². The van der Waals surface area contributed by atoms with Crippen molar-refractivity contribution >= 4 is 5.91 Å². The van der Waals surface area contributed by atoms with Gasteiger partial charge in [0.25, 0.3) is 0 Å². The van der Waals surface area contributed by atoms with Crippen molar-refractivity contribution in [3.8, 4) is 0 Å². The maximum absolute atomic E-state index is 12.9. The van der Waals surface area contributed by atoms with E-state index in [1.54, 1.807) is 0 Å². The van der Waals surface area contributed by atoms with Crippen LogP contribution in [0.4, 0.5) is 0 Å². The number of carbonyl (C=O) groups is 1. The fourth-order valence-electron chi connectivity index (χ4n) is 4.23. The van der Waals surface area contributed by atoms with Crippen molar-refractivity contribution in [1.29, 1.82) is 0 Å². The molecule has 4 rings (SSSR count). The normalized spacial score (nSPS) is 19.8. The van der Waals surface area contributed by atoms with Crippen LogP contribution < -0.4 is 10.6 Å². The van der Waals surface area contributed by atoms with E-state index >= 15 is 0 Å². The first-order chi connectivity index (χ1) is 12.8. The molecule has 2 N–H and O–H groups in total. The second kappa shape index (κ2) is 7.63. The molecule has 0 bridgehead atoms. The van der Waals surface area contributed by atoms with Crippen molar-refractivity contribution in [2.75, 3.05) is 6.54 Å². The average molecular weight is 348 g/mol. The van der Waals surface area contributed by atoms with Gasteiger partial charge in [-0.3, -0.25) is 4.79 Å². The van der Waals surface area contributed by atoms with Crippen molar-refractivity contribution in [3.63, 3.8) is 0 Å². The molecule has 2 aromatic rings. The fourth-order valence-corrected chi connectivity index (χ4v) is 4.23. The lowest BCUT2D eigenvalue weighted by atomic mass is 9.78. The van der Waals surface area contributed by atoms with Gasteiger partial charge in [0, 0.05) is 18.0 Å². The molecule has 26 heavy (non-hydrogen) atoms. The molecule has 1 unspecified atom stereocenters. The van der Waals surface area contributed by atoms with Crippen LogP contribution in [0.15, 0.2) is 60.7 Å². The summed E-state index contributed by atoms with van der Waals surface area (Å²) in [5, 5.41) is 6.82. The molecule has 2 aromatic carbocycles. The highest BCUT2D eigenvalue weighted by Gasteiger charge is 2.37. The Bertz CT molecular complexity index is 718. The molecule has 0 spiro atoms. The van der Waals surface area contributed by atoms with Crippen LogP contribution in [-0.2, 0) is 10.2 Å². The summed E-state index contributed by atoms with van der Waals surface area (Å²) in [6, 6.07) is 21.0. The zero-order valence-corrected chi connectivity index (χ0v) is 15.3. The summed E-state index contributed by atoms with van der Waals surface area (Å²) in [6.45, 7) is 0.842. The molecular weight excluding hydrogens is 320 g/mol. The molecule has 0 saturated heterocycles. The van der Waals surface area contributed by atoms with E-state index in [-0.39, 0.29) is 17.4 Å². The van der Waals surface area contributed by atoms with E-state index in [1.807, 2.05) is 30.3 Å². The van der Waals surface area contributed by atoms with E-state index in [9.17, 15) is 4.79 Å². The highest BCUT2D eigenvalue weighted by molar-refractivity contribution is 5.83. The molecule has 1 atom stereocenters. The summed E-state index contributed by atoms with van der Waals surface area (Å²) in [5.41, 5.74) is 2.60. The number of hydrogen-bond acceptors (Lipinski definition) is 2. The minimum absolute atomic E-state index is 0.111. The number of hydrogen-bond donors (Lipinski definition) is 2. The van der Waals surface area contributed by atoms with Gasteiger partial charge in [-0.15, -0.1) is 0 Å². The van der Waals surface area contributed by atoms with Gasteiger partial charge in [0.05, 0.1) is 0 Å². The Balaban J connectivity index is 1.54. The molecule has 2 aliphatic rings. The maximum Gasteiger partial charge on any atom is 0.241 e. The molecule has 2 saturated carbocycles. The lowest BCUT2D eigenvalue weighted by Gasteiger charge is -2.32. The van der Waals surface area contributed by atoms with E-state index in [0.29, 0.717) is 6.04 Å². The summed E-state index contributed by atoms with van der Waals surface area (Å²) in [4.78, 5) is 12.9. The molecule has 3 nitrogen and oxygen atoms in total. The number of rotatable bonds is 7. The number of nitrogens with one attached hydrogen (secondary N) is 2. The standard InChI is InChI=1S/C23H28N2O/c26-22(25-20-13-14-20)21(18-9-3-1-4-10-18)24-17-23(15-7-8-16-23)19-11-5-2-6-12-19/h1-6,9-12,20-21,24H,7-8,13-17H2,(H,25,26). The molecule has 136 valence electrons. The summed E-state index contributed by atoms with van der Waals surface area (Å²) in [5.74, 6) is 0.111. The Morgan fingerprint density at radius 1 is 0.962 bits per heavy atom. The molecule has 0 radical (unpaired) electrons. The molecule has 2 fully saturated rings. The molecule has 1 amide bonds. The predicted octanol–water partition coefficient (Wildman–Crippen LogP) is 4.11. The summed E-state index contributed by atoms with van der Waals surface area (Å²) in [6.07, 6.45) is 7.13. The maximum atomic E-state index is 12.9. The number of benzene rings is 2. The van der Waals surface area contributed by atoms with E-state index in [4.69, 9.17) is 0 Å². The van der Waals surface area contributed by atoms with Crippen molar-refractivity contribution in [2.45, 2.75) is 56.0 Å². The lowest BCUT2D eigenvalue weighted by Crippen LogP contribution is -2.44. The van der Waals surface area contributed by atoms with Gasteiger partial charge in [0.15, 0.2) is 0 Å². The molecule has 0 heterocycles. The van der Waals surface area contributed by atoms with E-state index in [2.05, 4.69) is 41.0 Å². The largest absolute Gasteiger partial charge is 0.352 e. The Hall–Kier alpha value is -2.13. The summed E-state index contributed by atoms with van der Waals surface area (Å²) in [7, 11) is 0. The SMILES string of the molecule is O=C(NC1CC1)C(NCC1(c2ccccc2)CCCC1)c1ccccc1. The van der Waals surface area contributed by atoms with Crippen LogP contribution in [0.2, 0.25) is 0 Å². The van der Waals surface area contributed by atoms with Crippen LogP contribution in [0, 0.1) is 0 Å². The van der Waals surface area contributed by atoms with Gasteiger partial charge < -0.3 is 10.6 Å². The van der Waals surface area contributed by atoms with E-state index < -0.39 is 0 Å². The average Bonchev–Trinajstić information content (AvgIpc) is 3.37. The smallest absolute Gasteiger partial charge is 0.241 e. The molecule has 3 heteroatoms. The second-order valence-corrected chi connectivity index (χ2v) is 7.86. The molecular formula is C23H28N2O. The highest BCUT2D eigenvalue weighted by atomic mass is 16.2. The minimum atomic E-state index is -0.280. The first-order valence-electron chi connectivity index (χ1n) is 9.91. The topological polar surface area (TPSA) is 41.1 Å². The van der Waals surface area contributed by atoms with Crippen molar-refractivity contribution in [1.82, 2.24) is 10.6 Å². The van der Waals surface area contributed by atoms with Gasteiger partial charge in [-0.1, -0.05) is 73.5 Å². The van der Waals surface area contributed by atoms with Crippen LogP contribution in [0.5, 0.6) is 0 Å². The first-order valence-corrected chi connectivity index (χ1v) is 9.91. The lowest BCUT2D eigenvalue weighted by molar-refractivity contribution is -0.123. The Morgan fingerprint density at radius 3 is 2.19 bits per heavy atom. The number of amides is 1. The fraction of sp³-hybridized carbons (Fsp3) is 0.435. The van der Waals surface area contributed by atoms with Gasteiger partial charge in [-0.2, -0.15) is 0 Å². The molecule has 2 aliphatic carbocycles. The van der Waals surface area contributed by atoms with Crippen LogP contribution in [0.3, 0.4) is 0 Å². The molecule has 0 aliphatic heterocycles. The number of carbonyl (C=O) groups excluding carboxylic acids is 1. The third-order valence-corrected chi connectivity index (χ3v) is 5.91. The molecule has 0 aromatic heterocycles. The minimum Gasteiger partial charge on any atom is -0.352 e. The monoisotopic (exact) mass is 348 g/mol. The first kappa shape index (κ1) is 17.3. The van der Waals surface area contributed by atoms with Gasteiger partial charge in [0.2, 0.25) is 5.91 Å². The Labute approximate surface area is 156 Å². The van der Waals surface area contributed by atoms with Crippen LogP contribution in [0.25, 0.3) is 0 Å². The highest BCUT2D eigenvalue weighted by Crippen LogP contribution is 2.41.